The molecule has 7 heteroatoms. The van der Waals surface area contributed by atoms with Crippen molar-refractivity contribution in [3.63, 3.8) is 0 Å². The summed E-state index contributed by atoms with van der Waals surface area (Å²) in [6.07, 6.45) is 5.78. The first-order valence-corrected chi connectivity index (χ1v) is 9.37. The molecule has 0 spiro atoms. The molecule has 0 radical (unpaired) electrons. The molecule has 7 nitrogen and oxygen atoms in total. The molecule has 0 unspecified atom stereocenters. The summed E-state index contributed by atoms with van der Waals surface area (Å²) in [5.74, 6) is 2.55. The highest BCUT2D eigenvalue weighted by molar-refractivity contribution is 5.67. The highest BCUT2D eigenvalue weighted by Crippen LogP contribution is 2.38. The smallest absolute Gasteiger partial charge is 0.231 e. The van der Waals surface area contributed by atoms with E-state index >= 15 is 0 Å². The van der Waals surface area contributed by atoms with Crippen LogP contribution in [0.5, 0.6) is 11.5 Å². The fraction of sp³-hybridized carbons (Fsp3) is 0.400. The van der Waals surface area contributed by atoms with Crippen molar-refractivity contribution >= 4 is 0 Å². The Morgan fingerprint density at radius 3 is 3.04 bits per heavy atom. The van der Waals surface area contributed by atoms with Crippen LogP contribution in [0.2, 0.25) is 0 Å². The predicted octanol–water partition coefficient (Wildman–Crippen LogP) is 3.10. The molecule has 5 rings (SSSR count). The summed E-state index contributed by atoms with van der Waals surface area (Å²) in [7, 11) is 0. The third-order valence-electron chi connectivity index (χ3n) is 5.46. The van der Waals surface area contributed by atoms with E-state index in [9.17, 15) is 0 Å². The number of benzene rings is 1. The SMILES string of the molecule is C[C@H](CCn1cccn1)N1CCc2onc(-c3ccc4c(c3)OCO4)c2C1. The fourth-order valence-corrected chi connectivity index (χ4v) is 3.81. The largest absolute Gasteiger partial charge is 0.454 e. The topological polar surface area (TPSA) is 65.6 Å². The van der Waals surface area contributed by atoms with Gasteiger partial charge in [-0.15, -0.1) is 0 Å². The minimum Gasteiger partial charge on any atom is -0.454 e. The van der Waals surface area contributed by atoms with E-state index < -0.39 is 0 Å². The molecule has 3 aromatic rings. The number of fused-ring (bicyclic) bond motifs is 2. The number of hydrogen-bond donors (Lipinski definition) is 0. The number of hydrogen-bond acceptors (Lipinski definition) is 6. The molecule has 2 aliphatic rings. The number of ether oxygens (including phenoxy) is 2. The monoisotopic (exact) mass is 366 g/mol. The fourth-order valence-electron chi connectivity index (χ4n) is 3.81. The number of rotatable bonds is 5. The minimum absolute atomic E-state index is 0.275. The number of aromatic nitrogens is 3. The summed E-state index contributed by atoms with van der Waals surface area (Å²) >= 11 is 0. The van der Waals surface area contributed by atoms with Crippen LogP contribution < -0.4 is 9.47 Å². The number of aryl methyl sites for hydroxylation is 1. The lowest BCUT2D eigenvalue weighted by molar-refractivity contribution is 0.167. The average molecular weight is 366 g/mol. The zero-order chi connectivity index (χ0) is 18.2. The van der Waals surface area contributed by atoms with Crippen LogP contribution in [0.1, 0.15) is 24.7 Å². The maximum Gasteiger partial charge on any atom is 0.231 e. The van der Waals surface area contributed by atoms with E-state index in [4.69, 9.17) is 14.0 Å². The van der Waals surface area contributed by atoms with E-state index in [2.05, 4.69) is 22.1 Å². The van der Waals surface area contributed by atoms with Crippen LogP contribution in [0.3, 0.4) is 0 Å². The highest BCUT2D eigenvalue weighted by atomic mass is 16.7. The van der Waals surface area contributed by atoms with Gasteiger partial charge in [0, 0.05) is 55.6 Å². The van der Waals surface area contributed by atoms with Crippen molar-refractivity contribution in [2.24, 2.45) is 0 Å². The maximum absolute atomic E-state index is 5.64. The van der Waals surface area contributed by atoms with Crippen LogP contribution in [0.15, 0.2) is 41.2 Å². The Bertz CT molecular complexity index is 935. The summed E-state index contributed by atoms with van der Waals surface area (Å²) < 4.78 is 18.6. The standard InChI is InChI=1S/C20H22N4O3/c1-14(5-10-24-8-2-7-21-24)23-9-6-17-16(12-23)20(22-27-17)15-3-4-18-19(11-15)26-13-25-18/h2-4,7-8,11,14H,5-6,9-10,12-13H2,1H3/t14-/m1/s1. The normalized spacial score (nSPS) is 17.1. The van der Waals surface area contributed by atoms with Gasteiger partial charge >= 0.3 is 0 Å². The first kappa shape index (κ1) is 16.4. The molecule has 0 N–H and O–H groups in total. The van der Waals surface area contributed by atoms with E-state index in [1.54, 1.807) is 0 Å². The van der Waals surface area contributed by atoms with Gasteiger partial charge in [0.15, 0.2) is 11.5 Å². The van der Waals surface area contributed by atoms with Crippen LogP contribution in [0, 0.1) is 0 Å². The number of nitrogens with zero attached hydrogens (tertiary/aromatic N) is 4. The molecule has 1 atom stereocenters. The van der Waals surface area contributed by atoms with Gasteiger partial charge in [-0.05, 0) is 37.6 Å². The molecule has 140 valence electrons. The Kier molecular flexibility index (Phi) is 4.09. The Morgan fingerprint density at radius 1 is 1.22 bits per heavy atom. The van der Waals surface area contributed by atoms with Crippen LogP contribution in [-0.2, 0) is 19.5 Å². The van der Waals surface area contributed by atoms with Crippen LogP contribution in [0.25, 0.3) is 11.3 Å². The third kappa shape index (κ3) is 3.08. The Labute approximate surface area is 157 Å². The molecule has 0 bridgehead atoms. The van der Waals surface area contributed by atoms with Gasteiger partial charge in [-0.25, -0.2) is 0 Å². The molecular weight excluding hydrogens is 344 g/mol. The van der Waals surface area contributed by atoms with Gasteiger partial charge in [0.25, 0.3) is 0 Å². The zero-order valence-electron chi connectivity index (χ0n) is 15.3. The Balaban J connectivity index is 1.34. The van der Waals surface area contributed by atoms with E-state index in [0.717, 1.165) is 61.0 Å². The Morgan fingerprint density at radius 2 is 2.15 bits per heavy atom. The second-order valence-corrected chi connectivity index (χ2v) is 7.13. The van der Waals surface area contributed by atoms with Crippen molar-refractivity contribution in [1.29, 1.82) is 0 Å². The van der Waals surface area contributed by atoms with Crippen LogP contribution in [-0.4, -0.2) is 39.2 Å². The molecule has 0 fully saturated rings. The molecular formula is C20H22N4O3. The van der Waals surface area contributed by atoms with E-state index in [1.807, 2.05) is 41.3 Å². The Hall–Kier alpha value is -2.80. The molecule has 1 aromatic carbocycles. The molecule has 0 saturated carbocycles. The van der Waals surface area contributed by atoms with E-state index in [-0.39, 0.29) is 6.79 Å². The summed E-state index contributed by atoms with van der Waals surface area (Å²) in [6.45, 7) is 5.32. The van der Waals surface area contributed by atoms with Gasteiger partial charge in [-0.1, -0.05) is 5.16 Å². The lowest BCUT2D eigenvalue weighted by Gasteiger charge is -2.31. The summed E-state index contributed by atoms with van der Waals surface area (Å²) in [5, 5.41) is 8.66. The van der Waals surface area contributed by atoms with Crippen molar-refractivity contribution in [2.75, 3.05) is 13.3 Å². The molecule has 4 heterocycles. The predicted molar refractivity (Wildman–Crippen MR) is 98.5 cm³/mol. The molecule has 0 aliphatic carbocycles. The first-order chi connectivity index (χ1) is 13.3. The second kappa shape index (κ2) is 6.74. The van der Waals surface area contributed by atoms with E-state index in [0.29, 0.717) is 6.04 Å². The van der Waals surface area contributed by atoms with Crippen LogP contribution in [0.4, 0.5) is 0 Å². The van der Waals surface area contributed by atoms with Gasteiger partial charge in [-0.2, -0.15) is 5.10 Å². The summed E-state index contributed by atoms with van der Waals surface area (Å²) in [4.78, 5) is 2.50. The van der Waals surface area contributed by atoms with Gasteiger partial charge < -0.3 is 14.0 Å². The van der Waals surface area contributed by atoms with Gasteiger partial charge in [0.1, 0.15) is 11.5 Å². The van der Waals surface area contributed by atoms with Crippen molar-refractivity contribution in [3.8, 4) is 22.8 Å². The van der Waals surface area contributed by atoms with E-state index in [1.165, 1.54) is 5.56 Å². The lowest BCUT2D eigenvalue weighted by atomic mass is 9.99. The van der Waals surface area contributed by atoms with Crippen molar-refractivity contribution < 1.29 is 14.0 Å². The van der Waals surface area contributed by atoms with Gasteiger partial charge in [0.2, 0.25) is 6.79 Å². The lowest BCUT2D eigenvalue weighted by Crippen LogP contribution is -2.38. The minimum atomic E-state index is 0.275. The van der Waals surface area contributed by atoms with Crippen molar-refractivity contribution in [2.45, 2.75) is 38.9 Å². The molecule has 0 amide bonds. The van der Waals surface area contributed by atoms with Crippen molar-refractivity contribution in [1.82, 2.24) is 19.8 Å². The van der Waals surface area contributed by atoms with Gasteiger partial charge in [-0.3, -0.25) is 9.58 Å². The second-order valence-electron chi connectivity index (χ2n) is 7.13. The quantitative estimate of drug-likeness (QED) is 0.691. The van der Waals surface area contributed by atoms with Crippen LogP contribution >= 0.6 is 0 Å². The summed E-state index contributed by atoms with van der Waals surface area (Å²) in [6, 6.07) is 8.37. The average Bonchev–Trinajstić information content (AvgIpc) is 3.45. The summed E-state index contributed by atoms with van der Waals surface area (Å²) in [5.41, 5.74) is 3.11. The zero-order valence-corrected chi connectivity index (χ0v) is 15.3. The van der Waals surface area contributed by atoms with Crippen molar-refractivity contribution in [3.05, 3.63) is 48.0 Å². The first-order valence-electron chi connectivity index (χ1n) is 9.37. The molecule has 27 heavy (non-hydrogen) atoms. The molecule has 2 aliphatic heterocycles. The maximum atomic E-state index is 5.64. The molecule has 2 aromatic heterocycles. The van der Waals surface area contributed by atoms with Gasteiger partial charge in [0.05, 0.1) is 0 Å². The third-order valence-corrected chi connectivity index (χ3v) is 5.46. The highest BCUT2D eigenvalue weighted by Gasteiger charge is 2.28. The molecule has 0 saturated heterocycles.